The maximum Gasteiger partial charge on any atom is 0.328 e. The van der Waals surface area contributed by atoms with Crippen LogP contribution < -0.4 is 11.1 Å². The average molecular weight is 266 g/mol. The van der Waals surface area contributed by atoms with Gasteiger partial charge in [-0.2, -0.15) is 0 Å². The van der Waals surface area contributed by atoms with Crippen molar-refractivity contribution in [3.63, 3.8) is 0 Å². The number of methoxy groups -OCH3 is 1. The Labute approximate surface area is 101 Å². The monoisotopic (exact) mass is 266 g/mol. The Hall–Kier alpha value is -1.15. The number of rotatable bonds is 6. The number of nitrogens with one attached hydrogen (secondary N) is 1. The summed E-state index contributed by atoms with van der Waals surface area (Å²) in [6, 6.07) is -1.77. The van der Waals surface area contributed by atoms with Crippen LogP contribution in [0.15, 0.2) is 0 Å². The number of sulfone groups is 1. The van der Waals surface area contributed by atoms with Crippen molar-refractivity contribution in [1.82, 2.24) is 5.32 Å². The summed E-state index contributed by atoms with van der Waals surface area (Å²) in [5, 5.41) is 2.33. The normalized spacial score (nSPS) is 14.8. The van der Waals surface area contributed by atoms with E-state index in [0.717, 1.165) is 6.26 Å². The molecule has 0 rings (SSSR count). The predicted octanol–water partition coefficient (Wildman–Crippen LogP) is -1.57. The van der Waals surface area contributed by atoms with Crippen LogP contribution in [0.25, 0.3) is 0 Å². The predicted molar refractivity (Wildman–Crippen MR) is 61.9 cm³/mol. The largest absolute Gasteiger partial charge is 0.467 e. The van der Waals surface area contributed by atoms with Crippen molar-refractivity contribution < 1.29 is 22.7 Å². The molecular weight excluding hydrogens is 248 g/mol. The minimum Gasteiger partial charge on any atom is -0.467 e. The van der Waals surface area contributed by atoms with Gasteiger partial charge in [0, 0.05) is 6.26 Å². The van der Waals surface area contributed by atoms with Crippen LogP contribution in [0.4, 0.5) is 0 Å². The molecule has 0 saturated heterocycles. The molecule has 0 aromatic carbocycles. The lowest BCUT2D eigenvalue weighted by molar-refractivity contribution is -0.144. The zero-order chi connectivity index (χ0) is 13.6. The van der Waals surface area contributed by atoms with Crippen molar-refractivity contribution in [3.8, 4) is 0 Å². The van der Waals surface area contributed by atoms with Gasteiger partial charge >= 0.3 is 5.97 Å². The fourth-order valence-corrected chi connectivity index (χ4v) is 1.71. The lowest BCUT2D eigenvalue weighted by Crippen LogP contribution is -2.48. The van der Waals surface area contributed by atoms with Gasteiger partial charge in [0.1, 0.15) is 15.9 Å². The third-order valence-corrected chi connectivity index (χ3v) is 3.03. The molecule has 8 heteroatoms. The molecule has 17 heavy (non-hydrogen) atoms. The Balaban J connectivity index is 4.19. The third-order valence-electron chi connectivity index (χ3n) is 2.05. The molecule has 0 fully saturated rings. The van der Waals surface area contributed by atoms with Gasteiger partial charge in [-0.1, -0.05) is 0 Å². The molecule has 1 amide bonds. The summed E-state index contributed by atoms with van der Waals surface area (Å²) in [5.74, 6) is -1.34. The molecular formula is C9H18N2O5S. The second-order valence-electron chi connectivity index (χ2n) is 3.78. The van der Waals surface area contributed by atoms with Crippen LogP contribution in [-0.2, 0) is 24.2 Å². The SMILES string of the molecule is COC(=O)[C@H](C)NC(=O)C(N)CCS(C)(=O)=O. The molecule has 0 saturated carbocycles. The smallest absolute Gasteiger partial charge is 0.328 e. The minimum absolute atomic E-state index is 0.0125. The molecule has 7 nitrogen and oxygen atoms in total. The van der Waals surface area contributed by atoms with Gasteiger partial charge in [0.05, 0.1) is 18.9 Å². The van der Waals surface area contributed by atoms with E-state index in [9.17, 15) is 18.0 Å². The third kappa shape index (κ3) is 6.90. The van der Waals surface area contributed by atoms with Crippen molar-refractivity contribution in [1.29, 1.82) is 0 Å². The Kier molecular flexibility index (Phi) is 6.11. The fraction of sp³-hybridized carbons (Fsp3) is 0.778. The average Bonchev–Trinajstić information content (AvgIpc) is 2.23. The summed E-state index contributed by atoms with van der Waals surface area (Å²) in [7, 11) is -1.95. The van der Waals surface area contributed by atoms with Gasteiger partial charge in [-0.15, -0.1) is 0 Å². The topological polar surface area (TPSA) is 116 Å². The first-order valence-electron chi connectivity index (χ1n) is 4.99. The number of carbonyl (C=O) groups excluding carboxylic acids is 2. The Bertz CT molecular complexity index is 379. The van der Waals surface area contributed by atoms with Crippen molar-refractivity contribution in [2.45, 2.75) is 25.4 Å². The zero-order valence-electron chi connectivity index (χ0n) is 10.1. The van der Waals surface area contributed by atoms with Crippen molar-refractivity contribution >= 4 is 21.7 Å². The van der Waals surface area contributed by atoms with E-state index in [4.69, 9.17) is 5.73 Å². The Morgan fingerprint density at radius 3 is 2.35 bits per heavy atom. The molecule has 0 aromatic rings. The van der Waals surface area contributed by atoms with Crippen LogP contribution >= 0.6 is 0 Å². The molecule has 0 spiro atoms. The highest BCUT2D eigenvalue weighted by atomic mass is 32.2. The summed E-state index contributed by atoms with van der Waals surface area (Å²) in [6.45, 7) is 1.45. The Morgan fingerprint density at radius 2 is 1.94 bits per heavy atom. The van der Waals surface area contributed by atoms with E-state index < -0.39 is 33.8 Å². The standard InChI is InChI=1S/C9H18N2O5S/c1-6(9(13)16-2)11-8(12)7(10)4-5-17(3,14)15/h6-7H,4-5,10H2,1-3H3,(H,11,12)/t6-,7?/m0/s1. The molecule has 0 aliphatic carbocycles. The lowest BCUT2D eigenvalue weighted by Gasteiger charge is -2.15. The Morgan fingerprint density at radius 1 is 1.41 bits per heavy atom. The first-order chi connectivity index (χ1) is 7.67. The van der Waals surface area contributed by atoms with E-state index >= 15 is 0 Å². The molecule has 0 radical (unpaired) electrons. The highest BCUT2D eigenvalue weighted by Crippen LogP contribution is 1.95. The maximum absolute atomic E-state index is 11.5. The summed E-state index contributed by atoms with van der Waals surface area (Å²) in [5.41, 5.74) is 5.49. The van der Waals surface area contributed by atoms with Gasteiger partial charge in [0.15, 0.2) is 0 Å². The van der Waals surface area contributed by atoms with Gasteiger partial charge in [0.2, 0.25) is 5.91 Å². The number of carbonyl (C=O) groups is 2. The van der Waals surface area contributed by atoms with Crippen LogP contribution in [0.1, 0.15) is 13.3 Å². The lowest BCUT2D eigenvalue weighted by atomic mass is 10.2. The van der Waals surface area contributed by atoms with E-state index in [0.29, 0.717) is 0 Å². The first kappa shape index (κ1) is 15.9. The van der Waals surface area contributed by atoms with E-state index in [1.165, 1.54) is 14.0 Å². The van der Waals surface area contributed by atoms with Crippen LogP contribution in [0.2, 0.25) is 0 Å². The van der Waals surface area contributed by atoms with Crippen LogP contribution in [0.5, 0.6) is 0 Å². The van der Waals surface area contributed by atoms with Crippen LogP contribution in [0, 0.1) is 0 Å². The van der Waals surface area contributed by atoms with E-state index in [2.05, 4.69) is 10.1 Å². The number of hydrogen-bond donors (Lipinski definition) is 2. The quantitative estimate of drug-likeness (QED) is 0.561. The second kappa shape index (κ2) is 6.55. The second-order valence-corrected chi connectivity index (χ2v) is 6.04. The van der Waals surface area contributed by atoms with Gasteiger partial charge in [-0.3, -0.25) is 4.79 Å². The molecule has 100 valence electrons. The van der Waals surface area contributed by atoms with Crippen molar-refractivity contribution in [3.05, 3.63) is 0 Å². The number of ether oxygens (including phenoxy) is 1. The van der Waals surface area contributed by atoms with Gasteiger partial charge in [-0.05, 0) is 13.3 Å². The summed E-state index contributed by atoms with van der Waals surface area (Å²) >= 11 is 0. The van der Waals surface area contributed by atoms with E-state index in [1.54, 1.807) is 0 Å². The van der Waals surface area contributed by atoms with E-state index in [1.807, 2.05) is 0 Å². The first-order valence-corrected chi connectivity index (χ1v) is 7.05. The summed E-state index contributed by atoms with van der Waals surface area (Å²) in [6.07, 6.45) is 1.08. The molecule has 0 bridgehead atoms. The fourth-order valence-electron chi connectivity index (χ4n) is 1.03. The highest BCUT2D eigenvalue weighted by molar-refractivity contribution is 7.90. The molecule has 0 aliphatic rings. The number of hydrogen-bond acceptors (Lipinski definition) is 6. The molecule has 3 N–H and O–H groups in total. The minimum atomic E-state index is -3.15. The number of amides is 1. The molecule has 0 aromatic heterocycles. The number of esters is 1. The van der Waals surface area contributed by atoms with Crippen molar-refractivity contribution in [2.24, 2.45) is 5.73 Å². The highest BCUT2D eigenvalue weighted by Gasteiger charge is 2.21. The van der Waals surface area contributed by atoms with Crippen LogP contribution in [0.3, 0.4) is 0 Å². The van der Waals surface area contributed by atoms with Gasteiger partial charge < -0.3 is 15.8 Å². The molecule has 0 heterocycles. The summed E-state index contributed by atoms with van der Waals surface area (Å²) in [4.78, 5) is 22.5. The number of nitrogens with two attached hydrogens (primary N) is 1. The maximum atomic E-state index is 11.5. The molecule has 1 unspecified atom stereocenters. The van der Waals surface area contributed by atoms with E-state index in [-0.39, 0.29) is 12.2 Å². The molecule has 0 aliphatic heterocycles. The van der Waals surface area contributed by atoms with Gasteiger partial charge in [-0.25, -0.2) is 13.2 Å². The summed E-state index contributed by atoms with van der Waals surface area (Å²) < 4.78 is 26.2. The van der Waals surface area contributed by atoms with Crippen LogP contribution in [-0.4, -0.2) is 51.5 Å². The zero-order valence-corrected chi connectivity index (χ0v) is 10.9. The molecule has 2 atom stereocenters. The van der Waals surface area contributed by atoms with Gasteiger partial charge in [0.25, 0.3) is 0 Å². The van der Waals surface area contributed by atoms with Crippen molar-refractivity contribution in [2.75, 3.05) is 19.1 Å².